The van der Waals surface area contributed by atoms with Crippen LogP contribution < -0.4 is 15.4 Å². The van der Waals surface area contributed by atoms with Gasteiger partial charge in [0.1, 0.15) is 17.1 Å². The Bertz CT molecular complexity index is 1040. The molecule has 1 aromatic heterocycles. The van der Waals surface area contributed by atoms with E-state index in [1.165, 1.54) is 0 Å². The molecule has 3 rings (SSSR count). The molecule has 2 aromatic carbocycles. The molecule has 8 heteroatoms. The van der Waals surface area contributed by atoms with Crippen LogP contribution in [0, 0.1) is 0 Å². The molecule has 170 valence electrons. The van der Waals surface area contributed by atoms with Crippen LogP contribution >= 0.6 is 0 Å². The van der Waals surface area contributed by atoms with Crippen molar-refractivity contribution in [3.8, 4) is 5.75 Å². The number of aromatic nitrogens is 2. The van der Waals surface area contributed by atoms with Gasteiger partial charge in [-0.1, -0.05) is 32.9 Å². The summed E-state index contributed by atoms with van der Waals surface area (Å²) in [4.78, 5) is 7.93. The van der Waals surface area contributed by atoms with Gasteiger partial charge >= 0.3 is 6.18 Å². The van der Waals surface area contributed by atoms with E-state index in [-0.39, 0.29) is 23.3 Å². The molecule has 32 heavy (non-hydrogen) atoms. The first kappa shape index (κ1) is 23.4. The van der Waals surface area contributed by atoms with E-state index in [0.717, 1.165) is 11.8 Å². The molecule has 0 fully saturated rings. The SMILES string of the molecule is CC(C)Oc1ccc(Nc2ncc(C(F)(F)F)c(Nc3ccc(C(C)(C)C)cc3)n2)cc1. The third-order valence-electron chi connectivity index (χ3n) is 4.59. The summed E-state index contributed by atoms with van der Waals surface area (Å²) in [5, 5.41) is 5.72. The number of hydrogen-bond donors (Lipinski definition) is 2. The molecule has 3 aromatic rings. The van der Waals surface area contributed by atoms with Gasteiger partial charge in [-0.15, -0.1) is 0 Å². The highest BCUT2D eigenvalue weighted by Crippen LogP contribution is 2.35. The topological polar surface area (TPSA) is 59.1 Å². The van der Waals surface area contributed by atoms with Gasteiger partial charge in [-0.05, 0) is 61.2 Å². The largest absolute Gasteiger partial charge is 0.491 e. The maximum Gasteiger partial charge on any atom is 0.421 e. The van der Waals surface area contributed by atoms with E-state index in [2.05, 4.69) is 41.4 Å². The van der Waals surface area contributed by atoms with Crippen molar-refractivity contribution in [1.82, 2.24) is 9.97 Å². The number of nitrogens with zero attached hydrogens (tertiary/aromatic N) is 2. The van der Waals surface area contributed by atoms with Crippen molar-refractivity contribution >= 4 is 23.1 Å². The van der Waals surface area contributed by atoms with E-state index >= 15 is 0 Å². The van der Waals surface area contributed by atoms with Crippen LogP contribution in [-0.2, 0) is 11.6 Å². The average Bonchev–Trinajstić information content (AvgIpc) is 2.68. The van der Waals surface area contributed by atoms with Gasteiger partial charge in [0.25, 0.3) is 0 Å². The second-order valence-electron chi connectivity index (χ2n) is 8.72. The fraction of sp³-hybridized carbons (Fsp3) is 0.333. The number of anilines is 4. The van der Waals surface area contributed by atoms with Gasteiger partial charge in [-0.2, -0.15) is 18.2 Å². The van der Waals surface area contributed by atoms with Crippen molar-refractivity contribution in [3.05, 3.63) is 65.9 Å². The fourth-order valence-corrected chi connectivity index (χ4v) is 2.95. The summed E-state index contributed by atoms with van der Waals surface area (Å²) in [5.41, 5.74) is 1.21. The first-order valence-corrected chi connectivity index (χ1v) is 10.3. The van der Waals surface area contributed by atoms with E-state index in [1.807, 2.05) is 26.0 Å². The Balaban J connectivity index is 1.85. The van der Waals surface area contributed by atoms with E-state index in [9.17, 15) is 13.2 Å². The van der Waals surface area contributed by atoms with E-state index in [1.54, 1.807) is 36.4 Å². The summed E-state index contributed by atoms with van der Waals surface area (Å²) in [6.45, 7) is 10.1. The van der Waals surface area contributed by atoms with Gasteiger partial charge in [0.05, 0.1) is 6.10 Å². The minimum absolute atomic E-state index is 0.0400. The molecule has 0 aliphatic rings. The molecule has 2 N–H and O–H groups in total. The Morgan fingerprint density at radius 1 is 0.844 bits per heavy atom. The molecule has 5 nitrogen and oxygen atoms in total. The van der Waals surface area contributed by atoms with Crippen LogP contribution in [0.4, 0.5) is 36.3 Å². The monoisotopic (exact) mass is 444 g/mol. The zero-order chi connectivity index (χ0) is 23.5. The molecule has 0 amide bonds. The van der Waals surface area contributed by atoms with Crippen LogP contribution in [0.25, 0.3) is 0 Å². The third-order valence-corrected chi connectivity index (χ3v) is 4.59. The maximum atomic E-state index is 13.5. The zero-order valence-electron chi connectivity index (χ0n) is 18.7. The highest BCUT2D eigenvalue weighted by Gasteiger charge is 2.35. The quantitative estimate of drug-likeness (QED) is 0.426. The molecule has 0 atom stereocenters. The van der Waals surface area contributed by atoms with Gasteiger partial charge in [0.15, 0.2) is 0 Å². The van der Waals surface area contributed by atoms with Crippen molar-refractivity contribution in [2.75, 3.05) is 10.6 Å². The molecular weight excluding hydrogens is 417 g/mol. The Morgan fingerprint density at radius 3 is 1.94 bits per heavy atom. The van der Waals surface area contributed by atoms with Crippen LogP contribution in [0.15, 0.2) is 54.7 Å². The molecule has 0 saturated carbocycles. The molecular formula is C24H27F3N4O. The van der Waals surface area contributed by atoms with Gasteiger partial charge in [-0.25, -0.2) is 4.98 Å². The first-order chi connectivity index (χ1) is 14.9. The highest BCUT2D eigenvalue weighted by atomic mass is 19.4. The van der Waals surface area contributed by atoms with Crippen LogP contribution in [0.1, 0.15) is 45.7 Å². The Labute approximate surface area is 186 Å². The summed E-state index contributed by atoms with van der Waals surface area (Å²) >= 11 is 0. The maximum absolute atomic E-state index is 13.5. The average molecular weight is 445 g/mol. The molecule has 1 heterocycles. The fourth-order valence-electron chi connectivity index (χ4n) is 2.95. The second kappa shape index (κ2) is 9.06. The minimum Gasteiger partial charge on any atom is -0.491 e. The van der Waals surface area contributed by atoms with Crippen molar-refractivity contribution in [2.24, 2.45) is 0 Å². The summed E-state index contributed by atoms with van der Waals surface area (Å²) in [6.07, 6.45) is -3.78. The predicted octanol–water partition coefficient (Wildman–Crippen LogP) is 7.07. The predicted molar refractivity (Wildman–Crippen MR) is 121 cm³/mol. The van der Waals surface area contributed by atoms with Crippen LogP contribution in [0.5, 0.6) is 5.75 Å². The summed E-state index contributed by atoms with van der Waals surface area (Å²) in [5.74, 6) is 0.419. The number of hydrogen-bond acceptors (Lipinski definition) is 5. The zero-order valence-corrected chi connectivity index (χ0v) is 18.7. The highest BCUT2D eigenvalue weighted by molar-refractivity contribution is 5.63. The van der Waals surface area contributed by atoms with E-state index in [4.69, 9.17) is 4.74 Å². The molecule has 0 bridgehead atoms. The van der Waals surface area contributed by atoms with E-state index in [0.29, 0.717) is 17.1 Å². The number of rotatable bonds is 6. The molecule has 0 radical (unpaired) electrons. The van der Waals surface area contributed by atoms with Crippen molar-refractivity contribution in [3.63, 3.8) is 0 Å². The van der Waals surface area contributed by atoms with E-state index < -0.39 is 11.7 Å². The summed E-state index contributed by atoms with van der Waals surface area (Å²) in [7, 11) is 0. The molecule has 0 saturated heterocycles. The standard InChI is InChI=1S/C24H27F3N4O/c1-15(2)32-19-12-10-18(11-13-19)30-22-28-14-20(24(25,26)27)21(31-22)29-17-8-6-16(7-9-17)23(3,4)5/h6-15H,1-5H3,(H2,28,29,30,31). The lowest BCUT2D eigenvalue weighted by Gasteiger charge is -2.20. The molecule has 0 unspecified atom stereocenters. The molecule has 0 spiro atoms. The Kier molecular flexibility index (Phi) is 6.62. The van der Waals surface area contributed by atoms with Gasteiger partial charge in [0.2, 0.25) is 5.95 Å². The number of halogens is 3. The van der Waals surface area contributed by atoms with Crippen LogP contribution in [0.3, 0.4) is 0 Å². The Hall–Kier alpha value is -3.29. The Morgan fingerprint density at radius 2 is 1.41 bits per heavy atom. The lowest BCUT2D eigenvalue weighted by Crippen LogP contribution is -2.13. The minimum atomic E-state index is -4.60. The summed E-state index contributed by atoms with van der Waals surface area (Å²) < 4.78 is 46.2. The van der Waals surface area contributed by atoms with Crippen LogP contribution in [0.2, 0.25) is 0 Å². The van der Waals surface area contributed by atoms with Gasteiger partial charge in [0, 0.05) is 17.6 Å². The van der Waals surface area contributed by atoms with Crippen molar-refractivity contribution in [2.45, 2.75) is 52.3 Å². The normalized spacial score (nSPS) is 12.0. The number of alkyl halides is 3. The van der Waals surface area contributed by atoms with Crippen LogP contribution in [-0.4, -0.2) is 16.1 Å². The smallest absolute Gasteiger partial charge is 0.421 e. The van der Waals surface area contributed by atoms with Gasteiger partial charge < -0.3 is 15.4 Å². The second-order valence-corrected chi connectivity index (χ2v) is 8.72. The number of ether oxygens (including phenoxy) is 1. The lowest BCUT2D eigenvalue weighted by atomic mass is 9.87. The number of nitrogens with one attached hydrogen (secondary N) is 2. The first-order valence-electron chi connectivity index (χ1n) is 10.3. The third kappa shape index (κ3) is 6.12. The van der Waals surface area contributed by atoms with Crippen molar-refractivity contribution in [1.29, 1.82) is 0 Å². The number of benzene rings is 2. The summed E-state index contributed by atoms with van der Waals surface area (Å²) in [6, 6.07) is 14.3. The van der Waals surface area contributed by atoms with Crippen molar-refractivity contribution < 1.29 is 17.9 Å². The molecule has 0 aliphatic heterocycles. The van der Waals surface area contributed by atoms with Gasteiger partial charge in [-0.3, -0.25) is 0 Å². The molecule has 0 aliphatic carbocycles. The lowest BCUT2D eigenvalue weighted by molar-refractivity contribution is -0.137.